The van der Waals surface area contributed by atoms with E-state index in [0.29, 0.717) is 18.5 Å². The van der Waals surface area contributed by atoms with Crippen LogP contribution in [0.3, 0.4) is 0 Å². The van der Waals surface area contributed by atoms with Gasteiger partial charge in [-0.25, -0.2) is 9.78 Å². The zero-order valence-electron chi connectivity index (χ0n) is 11.5. The quantitative estimate of drug-likeness (QED) is 0.870. The third-order valence-electron chi connectivity index (χ3n) is 3.57. The van der Waals surface area contributed by atoms with Gasteiger partial charge >= 0.3 is 5.97 Å². The van der Waals surface area contributed by atoms with Crippen molar-refractivity contribution < 1.29 is 14.7 Å². The van der Waals surface area contributed by atoms with Crippen molar-refractivity contribution in [3.63, 3.8) is 0 Å². The van der Waals surface area contributed by atoms with Gasteiger partial charge in [-0.05, 0) is 25.0 Å². The number of nitrogens with zero attached hydrogens (tertiary/aromatic N) is 2. The molecule has 0 bridgehead atoms. The van der Waals surface area contributed by atoms with Gasteiger partial charge in [0.05, 0.1) is 0 Å². The van der Waals surface area contributed by atoms with E-state index in [4.69, 9.17) is 0 Å². The van der Waals surface area contributed by atoms with Crippen LogP contribution in [0, 0.1) is 0 Å². The third kappa shape index (κ3) is 2.36. The van der Waals surface area contributed by atoms with Crippen LogP contribution in [0.1, 0.15) is 37.2 Å². The lowest BCUT2D eigenvalue weighted by molar-refractivity contribution is -0.144. The highest BCUT2D eigenvalue weighted by atomic mass is 16.4. The molecule has 20 heavy (non-hydrogen) atoms. The number of aliphatic carboxylic acids is 1. The van der Waals surface area contributed by atoms with Crippen LogP contribution in [-0.2, 0) is 4.79 Å². The van der Waals surface area contributed by atoms with Gasteiger partial charge < -0.3 is 14.8 Å². The number of hydrogen-bond donors (Lipinski definition) is 2. The second kappa shape index (κ2) is 5.32. The third-order valence-corrected chi connectivity index (χ3v) is 3.57. The monoisotopic (exact) mass is 275 g/mol. The van der Waals surface area contributed by atoms with Crippen molar-refractivity contribution in [2.75, 3.05) is 0 Å². The maximum atomic E-state index is 12.2. The molecule has 0 aliphatic rings. The molecule has 0 aromatic carbocycles. The Morgan fingerprint density at radius 2 is 2.05 bits per heavy atom. The normalized spacial score (nSPS) is 11.5. The number of carbonyl (C=O) groups is 2. The van der Waals surface area contributed by atoms with Crippen LogP contribution in [0.2, 0.25) is 0 Å². The van der Waals surface area contributed by atoms with E-state index in [-0.39, 0.29) is 5.69 Å². The Morgan fingerprint density at radius 3 is 2.60 bits per heavy atom. The summed E-state index contributed by atoms with van der Waals surface area (Å²) in [4.78, 5) is 27.8. The molecule has 106 valence electrons. The number of carboxylic acids is 1. The molecular formula is C14H17N3O3. The Kier molecular flexibility index (Phi) is 3.74. The highest BCUT2D eigenvalue weighted by Crippen LogP contribution is 2.16. The van der Waals surface area contributed by atoms with Gasteiger partial charge in [0.2, 0.25) is 0 Å². The molecule has 2 heterocycles. The standard InChI is InChI=1S/C14H17N3O3/c1-3-14(4-2,13(19)20)16-12(18)10-9-17-8-6-5-7-11(17)15-10/h5-9H,3-4H2,1-2H3,(H,16,18)(H,19,20). The molecule has 2 aromatic rings. The first-order valence-electron chi connectivity index (χ1n) is 6.52. The summed E-state index contributed by atoms with van der Waals surface area (Å²) in [7, 11) is 0. The molecule has 2 N–H and O–H groups in total. The van der Waals surface area contributed by atoms with Crippen molar-refractivity contribution in [1.82, 2.24) is 14.7 Å². The van der Waals surface area contributed by atoms with Gasteiger partial charge in [0.25, 0.3) is 5.91 Å². The highest BCUT2D eigenvalue weighted by Gasteiger charge is 2.37. The van der Waals surface area contributed by atoms with Gasteiger partial charge in [-0.3, -0.25) is 4.79 Å². The summed E-state index contributed by atoms with van der Waals surface area (Å²) in [5.41, 5.74) is -0.386. The Labute approximate surface area is 116 Å². The van der Waals surface area contributed by atoms with E-state index in [1.54, 1.807) is 36.7 Å². The molecule has 0 spiro atoms. The van der Waals surface area contributed by atoms with Crippen molar-refractivity contribution >= 4 is 17.5 Å². The maximum absolute atomic E-state index is 12.2. The van der Waals surface area contributed by atoms with Crippen molar-refractivity contribution in [2.45, 2.75) is 32.2 Å². The fourth-order valence-corrected chi connectivity index (χ4v) is 2.11. The molecular weight excluding hydrogens is 258 g/mol. The average molecular weight is 275 g/mol. The minimum absolute atomic E-state index is 0.212. The van der Waals surface area contributed by atoms with Gasteiger partial charge in [-0.15, -0.1) is 0 Å². The van der Waals surface area contributed by atoms with Crippen molar-refractivity contribution in [3.8, 4) is 0 Å². The largest absolute Gasteiger partial charge is 0.480 e. The van der Waals surface area contributed by atoms with Crippen LogP contribution >= 0.6 is 0 Å². The second-order valence-corrected chi connectivity index (χ2v) is 4.64. The number of imidazole rings is 1. The number of nitrogens with one attached hydrogen (secondary N) is 1. The number of carboxylic acid groups (broad SMARTS) is 1. The molecule has 0 aliphatic carbocycles. The van der Waals surface area contributed by atoms with E-state index in [1.165, 1.54) is 0 Å². The summed E-state index contributed by atoms with van der Waals surface area (Å²) in [6.45, 7) is 3.48. The topological polar surface area (TPSA) is 83.7 Å². The van der Waals surface area contributed by atoms with E-state index in [9.17, 15) is 14.7 Å². The van der Waals surface area contributed by atoms with Crippen LogP contribution in [0.15, 0.2) is 30.6 Å². The molecule has 0 unspecified atom stereocenters. The van der Waals surface area contributed by atoms with Gasteiger partial charge in [0.1, 0.15) is 16.9 Å². The SMILES string of the molecule is CCC(CC)(NC(=O)c1cn2ccccc2n1)C(=O)O. The van der Waals surface area contributed by atoms with E-state index >= 15 is 0 Å². The number of amides is 1. The molecule has 0 atom stereocenters. The minimum atomic E-state index is -1.24. The van der Waals surface area contributed by atoms with E-state index in [2.05, 4.69) is 10.3 Å². The Morgan fingerprint density at radius 1 is 1.35 bits per heavy atom. The van der Waals surface area contributed by atoms with Crippen molar-refractivity contribution in [3.05, 3.63) is 36.3 Å². The fraction of sp³-hybridized carbons (Fsp3) is 0.357. The summed E-state index contributed by atoms with van der Waals surface area (Å²) in [5.74, 6) is -1.50. The maximum Gasteiger partial charge on any atom is 0.329 e. The average Bonchev–Trinajstić information content (AvgIpc) is 2.88. The first-order valence-corrected chi connectivity index (χ1v) is 6.52. The first-order chi connectivity index (χ1) is 9.52. The van der Waals surface area contributed by atoms with Gasteiger partial charge in [0, 0.05) is 12.4 Å². The molecule has 0 saturated heterocycles. The number of rotatable bonds is 5. The van der Waals surface area contributed by atoms with Gasteiger partial charge in [0.15, 0.2) is 0 Å². The highest BCUT2D eigenvalue weighted by molar-refractivity contribution is 5.96. The van der Waals surface area contributed by atoms with Crippen LogP contribution in [-0.4, -0.2) is 31.9 Å². The summed E-state index contributed by atoms with van der Waals surface area (Å²) >= 11 is 0. The van der Waals surface area contributed by atoms with E-state index in [0.717, 1.165) is 0 Å². The minimum Gasteiger partial charge on any atom is -0.480 e. The first kappa shape index (κ1) is 14.0. The van der Waals surface area contributed by atoms with E-state index in [1.807, 2.05) is 12.1 Å². The number of hydrogen-bond acceptors (Lipinski definition) is 3. The van der Waals surface area contributed by atoms with Crippen LogP contribution in [0.4, 0.5) is 0 Å². The molecule has 1 amide bonds. The lowest BCUT2D eigenvalue weighted by Crippen LogP contribution is -2.53. The molecule has 6 heteroatoms. The summed E-state index contributed by atoms with van der Waals surface area (Å²) in [6.07, 6.45) is 4.00. The van der Waals surface area contributed by atoms with Gasteiger partial charge in [-0.2, -0.15) is 0 Å². The smallest absolute Gasteiger partial charge is 0.329 e. The summed E-state index contributed by atoms with van der Waals surface area (Å²) in [5, 5.41) is 11.9. The number of carbonyl (C=O) groups excluding carboxylic acids is 1. The summed E-state index contributed by atoms with van der Waals surface area (Å²) < 4.78 is 1.72. The lowest BCUT2D eigenvalue weighted by Gasteiger charge is -2.27. The van der Waals surface area contributed by atoms with Crippen LogP contribution < -0.4 is 5.32 Å². The fourth-order valence-electron chi connectivity index (χ4n) is 2.11. The predicted octanol–water partition coefficient (Wildman–Crippen LogP) is 1.71. The molecule has 2 aromatic heterocycles. The zero-order chi connectivity index (χ0) is 14.8. The number of fused-ring (bicyclic) bond motifs is 1. The molecule has 6 nitrogen and oxygen atoms in total. The Hall–Kier alpha value is -2.37. The molecule has 0 fully saturated rings. The van der Waals surface area contributed by atoms with Crippen molar-refractivity contribution in [1.29, 1.82) is 0 Å². The number of aromatic nitrogens is 2. The Bertz CT molecular complexity index is 611. The molecule has 2 rings (SSSR count). The van der Waals surface area contributed by atoms with E-state index < -0.39 is 17.4 Å². The predicted molar refractivity (Wildman–Crippen MR) is 73.6 cm³/mol. The molecule has 0 aliphatic heterocycles. The second-order valence-electron chi connectivity index (χ2n) is 4.64. The summed E-state index contributed by atoms with van der Waals surface area (Å²) in [6, 6.07) is 5.43. The molecule has 0 radical (unpaired) electrons. The van der Waals surface area contributed by atoms with Crippen LogP contribution in [0.25, 0.3) is 5.65 Å². The molecule has 0 saturated carbocycles. The van der Waals surface area contributed by atoms with Crippen LogP contribution in [0.5, 0.6) is 0 Å². The Balaban J connectivity index is 2.29. The number of pyridine rings is 1. The zero-order valence-corrected chi connectivity index (χ0v) is 11.5. The van der Waals surface area contributed by atoms with Crippen molar-refractivity contribution in [2.24, 2.45) is 0 Å². The lowest BCUT2D eigenvalue weighted by atomic mass is 9.93. The van der Waals surface area contributed by atoms with Gasteiger partial charge in [-0.1, -0.05) is 19.9 Å².